The molecule has 4 rings (SSSR count). The van der Waals surface area contributed by atoms with Crippen molar-refractivity contribution in [1.29, 1.82) is 0 Å². The van der Waals surface area contributed by atoms with Gasteiger partial charge in [-0.25, -0.2) is 0 Å². The molecule has 0 aliphatic carbocycles. The van der Waals surface area contributed by atoms with Gasteiger partial charge in [0.15, 0.2) is 11.5 Å². The van der Waals surface area contributed by atoms with Crippen LogP contribution in [0.1, 0.15) is 5.56 Å². The number of hydrogen-bond acceptors (Lipinski definition) is 5. The number of nitrogens with one attached hydrogen (secondary N) is 1. The number of benzene rings is 1. The van der Waals surface area contributed by atoms with Crippen molar-refractivity contribution >= 4 is 17.7 Å². The first-order valence-electron chi connectivity index (χ1n) is 8.01. The summed E-state index contributed by atoms with van der Waals surface area (Å²) in [6.45, 7) is 0.199. The van der Waals surface area contributed by atoms with Crippen molar-refractivity contribution in [2.75, 3.05) is 12.1 Å². The average molecular weight is 348 g/mol. The van der Waals surface area contributed by atoms with E-state index in [1.54, 1.807) is 47.5 Å². The molecule has 2 aromatic heterocycles. The van der Waals surface area contributed by atoms with Crippen LogP contribution in [0.25, 0.3) is 17.2 Å². The van der Waals surface area contributed by atoms with Crippen molar-refractivity contribution < 1.29 is 14.3 Å². The SMILES string of the molecule is Cn1cc(-c2ccncc2C=CC(=O)Nc2ccc3c(c2)OCO3)cn1. The van der Waals surface area contributed by atoms with E-state index < -0.39 is 0 Å². The molecule has 1 aliphatic rings. The zero-order valence-corrected chi connectivity index (χ0v) is 14.0. The normalized spacial score (nSPS) is 12.5. The van der Waals surface area contributed by atoms with Gasteiger partial charge in [0.2, 0.25) is 12.7 Å². The fraction of sp³-hybridized carbons (Fsp3) is 0.105. The summed E-state index contributed by atoms with van der Waals surface area (Å²) in [5, 5.41) is 6.99. The zero-order chi connectivity index (χ0) is 17.9. The smallest absolute Gasteiger partial charge is 0.248 e. The minimum Gasteiger partial charge on any atom is -0.454 e. The summed E-state index contributed by atoms with van der Waals surface area (Å²) >= 11 is 0. The number of carbonyl (C=O) groups is 1. The Labute approximate surface area is 149 Å². The second-order valence-electron chi connectivity index (χ2n) is 5.76. The maximum absolute atomic E-state index is 12.2. The third kappa shape index (κ3) is 3.27. The van der Waals surface area contributed by atoms with E-state index in [0.29, 0.717) is 17.2 Å². The molecule has 1 aromatic carbocycles. The third-order valence-electron chi connectivity index (χ3n) is 3.92. The Bertz CT molecular complexity index is 994. The summed E-state index contributed by atoms with van der Waals surface area (Å²) in [6.07, 6.45) is 10.3. The predicted molar refractivity (Wildman–Crippen MR) is 96.7 cm³/mol. The van der Waals surface area contributed by atoms with Crippen molar-refractivity contribution in [3.63, 3.8) is 0 Å². The molecule has 7 heteroatoms. The highest BCUT2D eigenvalue weighted by Crippen LogP contribution is 2.34. The van der Waals surface area contributed by atoms with Crippen LogP contribution in [0.5, 0.6) is 11.5 Å². The van der Waals surface area contributed by atoms with Crippen molar-refractivity contribution in [1.82, 2.24) is 14.8 Å². The number of amides is 1. The Kier molecular flexibility index (Phi) is 4.10. The predicted octanol–water partition coefficient (Wildman–Crippen LogP) is 2.86. The Hall–Kier alpha value is -3.61. The molecule has 7 nitrogen and oxygen atoms in total. The van der Waals surface area contributed by atoms with E-state index in [2.05, 4.69) is 15.4 Å². The van der Waals surface area contributed by atoms with Gasteiger partial charge < -0.3 is 14.8 Å². The third-order valence-corrected chi connectivity index (χ3v) is 3.92. The van der Waals surface area contributed by atoms with Crippen LogP contribution in [-0.2, 0) is 11.8 Å². The molecule has 1 amide bonds. The molecule has 3 aromatic rings. The maximum atomic E-state index is 12.2. The van der Waals surface area contributed by atoms with Crippen LogP contribution >= 0.6 is 0 Å². The first-order valence-corrected chi connectivity index (χ1v) is 8.01. The number of nitrogens with zero attached hydrogens (tertiary/aromatic N) is 3. The van der Waals surface area contributed by atoms with Gasteiger partial charge in [-0.3, -0.25) is 14.5 Å². The van der Waals surface area contributed by atoms with Crippen LogP contribution in [0, 0.1) is 0 Å². The second kappa shape index (κ2) is 6.72. The van der Waals surface area contributed by atoms with Gasteiger partial charge in [0.1, 0.15) is 0 Å². The highest BCUT2D eigenvalue weighted by atomic mass is 16.7. The maximum Gasteiger partial charge on any atom is 0.248 e. The monoisotopic (exact) mass is 348 g/mol. The summed E-state index contributed by atoms with van der Waals surface area (Å²) in [4.78, 5) is 16.4. The Balaban J connectivity index is 1.50. The first-order chi connectivity index (χ1) is 12.7. The lowest BCUT2D eigenvalue weighted by Gasteiger charge is -2.04. The molecule has 0 unspecified atom stereocenters. The van der Waals surface area contributed by atoms with E-state index in [-0.39, 0.29) is 12.7 Å². The molecule has 3 heterocycles. The summed E-state index contributed by atoms with van der Waals surface area (Å²) < 4.78 is 12.3. The highest BCUT2D eigenvalue weighted by molar-refractivity contribution is 6.02. The second-order valence-corrected chi connectivity index (χ2v) is 5.76. The van der Waals surface area contributed by atoms with Gasteiger partial charge in [-0.2, -0.15) is 5.10 Å². The lowest BCUT2D eigenvalue weighted by atomic mass is 10.0. The number of rotatable bonds is 4. The van der Waals surface area contributed by atoms with Gasteiger partial charge in [0, 0.05) is 54.6 Å². The fourth-order valence-electron chi connectivity index (χ4n) is 2.69. The lowest BCUT2D eigenvalue weighted by Crippen LogP contribution is -2.07. The van der Waals surface area contributed by atoms with Gasteiger partial charge in [-0.05, 0) is 29.8 Å². The number of aryl methyl sites for hydroxylation is 1. The summed E-state index contributed by atoms with van der Waals surface area (Å²) in [5.74, 6) is 1.05. The topological polar surface area (TPSA) is 78.3 Å². The fourth-order valence-corrected chi connectivity index (χ4v) is 2.69. The minimum absolute atomic E-state index is 0.199. The largest absolute Gasteiger partial charge is 0.454 e. The lowest BCUT2D eigenvalue weighted by molar-refractivity contribution is -0.111. The van der Waals surface area contributed by atoms with E-state index >= 15 is 0 Å². The van der Waals surface area contributed by atoms with Crippen LogP contribution in [-0.4, -0.2) is 27.5 Å². The molecule has 0 saturated heterocycles. The van der Waals surface area contributed by atoms with E-state index in [0.717, 1.165) is 16.7 Å². The van der Waals surface area contributed by atoms with Crippen molar-refractivity contribution in [3.05, 3.63) is 60.7 Å². The van der Waals surface area contributed by atoms with Crippen LogP contribution in [0.2, 0.25) is 0 Å². The van der Waals surface area contributed by atoms with Gasteiger partial charge in [0.25, 0.3) is 0 Å². The van der Waals surface area contributed by atoms with Gasteiger partial charge >= 0.3 is 0 Å². The highest BCUT2D eigenvalue weighted by Gasteiger charge is 2.13. The first kappa shape index (κ1) is 15.9. The molecule has 1 N–H and O–H groups in total. The molecule has 26 heavy (non-hydrogen) atoms. The number of fused-ring (bicyclic) bond motifs is 1. The van der Waals surface area contributed by atoms with E-state index in [1.165, 1.54) is 6.08 Å². The summed E-state index contributed by atoms with van der Waals surface area (Å²) in [6, 6.07) is 7.17. The Morgan fingerprint density at radius 3 is 2.96 bits per heavy atom. The van der Waals surface area contributed by atoms with Crippen LogP contribution in [0.15, 0.2) is 55.1 Å². The van der Waals surface area contributed by atoms with E-state index in [9.17, 15) is 4.79 Å². The molecule has 0 radical (unpaired) electrons. The summed E-state index contributed by atoms with van der Waals surface area (Å²) in [7, 11) is 1.86. The molecule has 0 bridgehead atoms. The van der Waals surface area contributed by atoms with E-state index in [4.69, 9.17) is 9.47 Å². The van der Waals surface area contributed by atoms with Crippen LogP contribution in [0.3, 0.4) is 0 Å². The van der Waals surface area contributed by atoms with Gasteiger partial charge in [-0.15, -0.1) is 0 Å². The van der Waals surface area contributed by atoms with E-state index in [1.807, 2.05) is 19.3 Å². The standard InChI is InChI=1S/C19H16N4O3/c1-23-11-14(10-21-23)16-6-7-20-9-13(16)2-5-19(24)22-15-3-4-17-18(8-15)26-12-25-17/h2-11H,12H2,1H3,(H,22,24). The number of ether oxygens (including phenoxy) is 2. The number of hydrogen-bond donors (Lipinski definition) is 1. The molecule has 1 aliphatic heterocycles. The molecular weight excluding hydrogens is 332 g/mol. The average Bonchev–Trinajstić information content (AvgIpc) is 3.28. The number of pyridine rings is 1. The number of carbonyl (C=O) groups excluding carboxylic acids is 1. The van der Waals surface area contributed by atoms with Crippen LogP contribution < -0.4 is 14.8 Å². The van der Waals surface area contributed by atoms with Gasteiger partial charge in [-0.1, -0.05) is 0 Å². The van der Waals surface area contributed by atoms with Crippen LogP contribution in [0.4, 0.5) is 5.69 Å². The van der Waals surface area contributed by atoms with Crippen molar-refractivity contribution in [3.8, 4) is 22.6 Å². The molecule has 0 saturated carbocycles. The van der Waals surface area contributed by atoms with Gasteiger partial charge in [0.05, 0.1) is 6.20 Å². The zero-order valence-electron chi connectivity index (χ0n) is 14.0. The summed E-state index contributed by atoms with van der Waals surface area (Å²) in [5.41, 5.74) is 3.40. The van der Waals surface area contributed by atoms with Crippen molar-refractivity contribution in [2.24, 2.45) is 7.05 Å². The quantitative estimate of drug-likeness (QED) is 0.734. The molecule has 130 valence electrons. The molecular formula is C19H16N4O3. The van der Waals surface area contributed by atoms with Crippen molar-refractivity contribution in [2.45, 2.75) is 0 Å². The number of anilines is 1. The molecule has 0 atom stereocenters. The number of aromatic nitrogens is 3. The molecule has 0 fully saturated rings. The Morgan fingerprint density at radius 2 is 2.12 bits per heavy atom. The minimum atomic E-state index is -0.246. The molecule has 0 spiro atoms. The Morgan fingerprint density at radius 1 is 1.23 bits per heavy atom.